The molecular formula is C20H24FN6O8P. The summed E-state index contributed by atoms with van der Waals surface area (Å²) in [7, 11) is -3.15. The molecule has 36 heavy (non-hydrogen) atoms. The first-order valence-electron chi connectivity index (χ1n) is 10.6. The van der Waals surface area contributed by atoms with E-state index in [1.54, 1.807) is 0 Å². The summed E-state index contributed by atoms with van der Waals surface area (Å²) in [5.41, 5.74) is 7.94. The maximum Gasteiger partial charge on any atom is 0.459 e. The second-order valence-electron chi connectivity index (χ2n) is 7.83. The Morgan fingerprint density at radius 1 is 1.42 bits per heavy atom. The standard InChI is InChI=1S/C20H24FN6O8P/c1-11-9-27(20(30)23-18(11)28)17-8-15(24-26-22)16(34-17)10-33-36(31,25-12(2)19(29)32-3)35-14-6-4-13(21)5-7-14/h4-7,9,12,15-17H,8,10H2,1-3H3,(H,25,31)(H,23,28,30)/t12-,15-,16+,17+,36?/m0/s1. The van der Waals surface area contributed by atoms with Crippen LogP contribution in [0.4, 0.5) is 4.39 Å². The van der Waals surface area contributed by atoms with E-state index in [1.807, 2.05) is 0 Å². The van der Waals surface area contributed by atoms with Gasteiger partial charge in [0.1, 0.15) is 23.8 Å². The van der Waals surface area contributed by atoms with Gasteiger partial charge >= 0.3 is 19.4 Å². The number of nitrogens with zero attached hydrogens (tertiary/aromatic N) is 4. The van der Waals surface area contributed by atoms with Gasteiger partial charge < -0.3 is 14.0 Å². The van der Waals surface area contributed by atoms with Gasteiger partial charge in [-0.2, -0.15) is 5.09 Å². The minimum Gasteiger partial charge on any atom is -0.468 e. The molecule has 1 fully saturated rings. The second kappa shape index (κ2) is 11.5. The molecule has 5 atom stereocenters. The minimum absolute atomic E-state index is 0.0172. The quantitative estimate of drug-likeness (QED) is 0.154. The first-order valence-corrected chi connectivity index (χ1v) is 12.2. The minimum atomic E-state index is -4.30. The highest BCUT2D eigenvalue weighted by molar-refractivity contribution is 7.52. The van der Waals surface area contributed by atoms with Crippen LogP contribution in [0, 0.1) is 12.7 Å². The molecule has 0 spiro atoms. The summed E-state index contributed by atoms with van der Waals surface area (Å²) in [6.07, 6.45) is -0.537. The van der Waals surface area contributed by atoms with Crippen molar-refractivity contribution in [1.82, 2.24) is 14.6 Å². The highest BCUT2D eigenvalue weighted by atomic mass is 31.2. The van der Waals surface area contributed by atoms with Gasteiger partial charge in [0.2, 0.25) is 0 Å². The average molecular weight is 526 g/mol. The lowest BCUT2D eigenvalue weighted by Gasteiger charge is -2.24. The third-order valence-corrected chi connectivity index (χ3v) is 6.86. The lowest BCUT2D eigenvalue weighted by atomic mass is 10.1. The van der Waals surface area contributed by atoms with E-state index >= 15 is 0 Å². The molecule has 14 nitrogen and oxygen atoms in total. The van der Waals surface area contributed by atoms with Crippen LogP contribution in [0.25, 0.3) is 10.4 Å². The smallest absolute Gasteiger partial charge is 0.459 e. The number of methoxy groups -OCH3 is 1. The topological polar surface area (TPSA) is 187 Å². The molecule has 3 rings (SSSR count). The van der Waals surface area contributed by atoms with Gasteiger partial charge in [-0.3, -0.25) is 23.7 Å². The highest BCUT2D eigenvalue weighted by Crippen LogP contribution is 2.46. The van der Waals surface area contributed by atoms with Crippen LogP contribution in [0.2, 0.25) is 0 Å². The molecule has 0 amide bonds. The Balaban J connectivity index is 1.82. The van der Waals surface area contributed by atoms with Crippen molar-refractivity contribution < 1.29 is 32.3 Å². The van der Waals surface area contributed by atoms with Gasteiger partial charge in [0.15, 0.2) is 0 Å². The molecule has 2 N–H and O–H groups in total. The monoisotopic (exact) mass is 526 g/mol. The Hall–Kier alpha value is -3.48. The van der Waals surface area contributed by atoms with Crippen LogP contribution in [0.1, 0.15) is 25.1 Å². The van der Waals surface area contributed by atoms with Crippen LogP contribution >= 0.6 is 7.75 Å². The molecule has 1 aliphatic heterocycles. The number of hydrogen-bond donors (Lipinski definition) is 2. The molecule has 0 aliphatic carbocycles. The van der Waals surface area contributed by atoms with Gasteiger partial charge in [0.05, 0.1) is 25.9 Å². The van der Waals surface area contributed by atoms with Gasteiger partial charge in [0.25, 0.3) is 5.56 Å². The normalized spacial score (nSPS) is 21.7. The summed E-state index contributed by atoms with van der Waals surface area (Å²) in [5.74, 6) is -1.32. The summed E-state index contributed by atoms with van der Waals surface area (Å²) in [4.78, 5) is 40.7. The molecular weight excluding hydrogens is 502 g/mol. The van der Waals surface area contributed by atoms with Crippen molar-refractivity contribution in [2.45, 2.75) is 44.7 Å². The summed E-state index contributed by atoms with van der Waals surface area (Å²) >= 11 is 0. The predicted molar refractivity (Wildman–Crippen MR) is 123 cm³/mol. The summed E-state index contributed by atoms with van der Waals surface area (Å²) in [6, 6.07) is 2.63. The number of aromatic amines is 1. The number of carbonyl (C=O) groups is 1. The van der Waals surface area contributed by atoms with Crippen LogP contribution < -0.4 is 20.9 Å². The molecule has 1 aliphatic rings. The fraction of sp³-hybridized carbons (Fsp3) is 0.450. The zero-order chi connectivity index (χ0) is 26.5. The number of ether oxygens (including phenoxy) is 2. The van der Waals surface area contributed by atoms with Crippen molar-refractivity contribution in [3.05, 3.63) is 73.1 Å². The Morgan fingerprint density at radius 3 is 2.75 bits per heavy atom. The zero-order valence-corrected chi connectivity index (χ0v) is 20.4. The summed E-state index contributed by atoms with van der Waals surface area (Å²) in [6.45, 7) is 2.43. The molecule has 194 valence electrons. The van der Waals surface area contributed by atoms with Crippen molar-refractivity contribution in [1.29, 1.82) is 0 Å². The van der Waals surface area contributed by atoms with E-state index in [9.17, 15) is 23.3 Å². The van der Waals surface area contributed by atoms with E-state index in [0.717, 1.165) is 23.8 Å². The first-order chi connectivity index (χ1) is 17.0. The van der Waals surface area contributed by atoms with E-state index in [2.05, 4.69) is 24.8 Å². The van der Waals surface area contributed by atoms with Gasteiger partial charge in [0, 0.05) is 23.1 Å². The molecule has 0 bridgehead atoms. The molecule has 2 heterocycles. The van der Waals surface area contributed by atoms with Crippen molar-refractivity contribution in [3.63, 3.8) is 0 Å². The Labute approximate surface area is 203 Å². The average Bonchev–Trinajstić information content (AvgIpc) is 3.23. The molecule has 2 aromatic rings. The number of H-pyrrole nitrogens is 1. The maximum atomic E-state index is 13.5. The molecule has 16 heteroatoms. The number of nitrogens with one attached hydrogen (secondary N) is 2. The second-order valence-corrected chi connectivity index (χ2v) is 9.52. The maximum absolute atomic E-state index is 13.5. The largest absolute Gasteiger partial charge is 0.468 e. The van der Waals surface area contributed by atoms with Crippen LogP contribution in [0.3, 0.4) is 0 Å². The van der Waals surface area contributed by atoms with E-state index in [4.69, 9.17) is 19.3 Å². The lowest BCUT2D eigenvalue weighted by molar-refractivity contribution is -0.142. The Kier molecular flexibility index (Phi) is 8.66. The summed E-state index contributed by atoms with van der Waals surface area (Å²) < 4.78 is 49.3. The number of benzene rings is 1. The number of hydrogen-bond acceptors (Lipinski definition) is 9. The Bertz CT molecular complexity index is 1310. The van der Waals surface area contributed by atoms with Crippen molar-refractivity contribution in [3.8, 4) is 5.75 Å². The number of aromatic nitrogens is 2. The highest BCUT2D eigenvalue weighted by Gasteiger charge is 2.40. The van der Waals surface area contributed by atoms with E-state index < -0.39 is 61.8 Å². The molecule has 0 saturated carbocycles. The van der Waals surface area contributed by atoms with Gasteiger partial charge in [-0.05, 0) is 43.6 Å². The van der Waals surface area contributed by atoms with Crippen molar-refractivity contribution in [2.75, 3.05) is 13.7 Å². The molecule has 1 aromatic heterocycles. The lowest BCUT2D eigenvalue weighted by Crippen LogP contribution is -2.36. The van der Waals surface area contributed by atoms with Crippen LogP contribution in [0.5, 0.6) is 5.75 Å². The van der Waals surface area contributed by atoms with Crippen molar-refractivity contribution in [2.24, 2.45) is 5.11 Å². The fourth-order valence-corrected chi connectivity index (χ4v) is 4.89. The number of azide groups is 1. The number of rotatable bonds is 10. The number of aryl methyl sites for hydroxylation is 1. The third kappa shape index (κ3) is 6.59. The van der Waals surface area contributed by atoms with Crippen LogP contribution in [0.15, 0.2) is 45.2 Å². The van der Waals surface area contributed by atoms with Gasteiger partial charge in [-0.15, -0.1) is 0 Å². The fourth-order valence-electron chi connectivity index (χ4n) is 3.39. The number of esters is 1. The number of halogens is 1. The SMILES string of the molecule is COC(=O)[C@H](C)NP(=O)(OC[C@H]1O[C@@H](n2cc(C)c(=O)[nH]c2=O)C[C@@H]1N=[N+]=[N-])Oc1ccc(F)cc1. The van der Waals surface area contributed by atoms with E-state index in [1.165, 1.54) is 32.2 Å². The summed E-state index contributed by atoms with van der Waals surface area (Å²) in [5, 5.41) is 6.10. The van der Waals surface area contributed by atoms with Crippen molar-refractivity contribution >= 4 is 13.7 Å². The van der Waals surface area contributed by atoms with Crippen LogP contribution in [-0.2, 0) is 23.4 Å². The van der Waals surface area contributed by atoms with E-state index in [0.29, 0.717) is 0 Å². The zero-order valence-electron chi connectivity index (χ0n) is 19.5. The third-order valence-electron chi connectivity index (χ3n) is 5.21. The molecule has 1 saturated heterocycles. The van der Waals surface area contributed by atoms with Crippen LogP contribution in [-0.4, -0.2) is 47.4 Å². The van der Waals surface area contributed by atoms with Gasteiger partial charge in [-0.25, -0.2) is 13.8 Å². The molecule has 1 aromatic carbocycles. The first kappa shape index (κ1) is 27.1. The Morgan fingerprint density at radius 2 is 2.11 bits per heavy atom. The van der Waals surface area contributed by atoms with E-state index in [-0.39, 0.29) is 17.7 Å². The molecule has 0 radical (unpaired) electrons. The van der Waals surface area contributed by atoms with Gasteiger partial charge in [-0.1, -0.05) is 5.11 Å². The molecule has 1 unspecified atom stereocenters. The number of carbonyl (C=O) groups excluding carboxylic acids is 1. The predicted octanol–water partition coefficient (Wildman–Crippen LogP) is 2.31.